The van der Waals surface area contributed by atoms with E-state index in [2.05, 4.69) is 46.9 Å². The van der Waals surface area contributed by atoms with Crippen molar-refractivity contribution < 1.29 is 4.74 Å². The summed E-state index contributed by atoms with van der Waals surface area (Å²) in [5.74, 6) is 1.46. The number of rotatable bonds is 6. The summed E-state index contributed by atoms with van der Waals surface area (Å²) < 4.78 is 7.24. The average Bonchev–Trinajstić information content (AvgIpc) is 2.98. The van der Waals surface area contributed by atoms with Gasteiger partial charge in [-0.05, 0) is 31.5 Å². The molecule has 1 heterocycles. The maximum absolute atomic E-state index is 5.49. The lowest BCUT2D eigenvalue weighted by molar-refractivity contribution is 0.369. The topological polar surface area (TPSA) is 63.5 Å². The number of aliphatic imine (C=N–C) groups is 1. The van der Waals surface area contributed by atoms with Crippen LogP contribution >= 0.6 is 0 Å². The Morgan fingerprint density at radius 1 is 1.07 bits per heavy atom. The zero-order valence-electron chi connectivity index (χ0n) is 16.9. The van der Waals surface area contributed by atoms with Gasteiger partial charge in [-0.25, -0.2) is 9.67 Å². The summed E-state index contributed by atoms with van der Waals surface area (Å²) in [6.45, 7) is 5.22. The van der Waals surface area contributed by atoms with Crippen LogP contribution in [0, 0.1) is 13.8 Å². The molecule has 3 rings (SSSR count). The normalized spacial score (nSPS) is 11.4. The molecule has 0 atom stereocenters. The highest BCUT2D eigenvalue weighted by molar-refractivity contribution is 5.93. The molecule has 0 aliphatic rings. The first kappa shape index (κ1) is 19.5. The fraction of sp³-hybridized carbons (Fsp3) is 0.273. The third-order valence-corrected chi connectivity index (χ3v) is 4.49. The first-order valence-corrected chi connectivity index (χ1v) is 9.29. The van der Waals surface area contributed by atoms with Crippen molar-refractivity contribution in [2.45, 2.75) is 26.9 Å². The Kier molecular flexibility index (Phi) is 6.32. The van der Waals surface area contributed by atoms with Crippen LogP contribution in [0.1, 0.15) is 22.4 Å². The SMILES string of the molecule is COc1c(CNC(=NCc2ccc(C)cc2)Nc2ccccc2)c(C)nn1C. The van der Waals surface area contributed by atoms with Gasteiger partial charge in [-0.3, -0.25) is 0 Å². The van der Waals surface area contributed by atoms with Crippen molar-refractivity contribution >= 4 is 11.6 Å². The summed E-state index contributed by atoms with van der Waals surface area (Å²) >= 11 is 0. The van der Waals surface area contributed by atoms with E-state index in [1.165, 1.54) is 5.56 Å². The third kappa shape index (κ3) is 4.91. The van der Waals surface area contributed by atoms with E-state index in [9.17, 15) is 0 Å². The molecule has 0 saturated carbocycles. The molecule has 0 unspecified atom stereocenters. The number of anilines is 1. The molecule has 2 N–H and O–H groups in total. The number of guanidine groups is 1. The number of ether oxygens (including phenoxy) is 1. The molecule has 0 bridgehead atoms. The van der Waals surface area contributed by atoms with Crippen molar-refractivity contribution in [2.75, 3.05) is 12.4 Å². The van der Waals surface area contributed by atoms with E-state index >= 15 is 0 Å². The molecule has 6 heteroatoms. The first-order valence-electron chi connectivity index (χ1n) is 9.29. The van der Waals surface area contributed by atoms with Crippen LogP contribution < -0.4 is 15.4 Å². The van der Waals surface area contributed by atoms with E-state index in [-0.39, 0.29) is 0 Å². The van der Waals surface area contributed by atoms with E-state index < -0.39 is 0 Å². The zero-order chi connectivity index (χ0) is 19.9. The van der Waals surface area contributed by atoms with Gasteiger partial charge in [0.15, 0.2) is 5.96 Å². The molecule has 0 saturated heterocycles. The van der Waals surface area contributed by atoms with Gasteiger partial charge in [0.05, 0.1) is 31.5 Å². The molecular weight excluding hydrogens is 350 g/mol. The standard InChI is InChI=1S/C22H27N5O/c1-16-10-12-18(13-11-16)14-23-22(25-19-8-6-5-7-9-19)24-15-20-17(2)26-27(3)21(20)28-4/h5-13H,14-15H2,1-4H3,(H2,23,24,25). The lowest BCUT2D eigenvalue weighted by atomic mass is 10.1. The van der Waals surface area contributed by atoms with E-state index in [1.54, 1.807) is 11.8 Å². The highest BCUT2D eigenvalue weighted by atomic mass is 16.5. The van der Waals surface area contributed by atoms with Crippen LogP contribution in [0.2, 0.25) is 0 Å². The molecular formula is C22H27N5O. The monoisotopic (exact) mass is 377 g/mol. The third-order valence-electron chi connectivity index (χ3n) is 4.49. The summed E-state index contributed by atoms with van der Waals surface area (Å²) in [6.07, 6.45) is 0. The van der Waals surface area contributed by atoms with Crippen LogP contribution in [-0.4, -0.2) is 22.8 Å². The molecule has 0 spiro atoms. The second kappa shape index (κ2) is 9.08. The summed E-state index contributed by atoms with van der Waals surface area (Å²) in [4.78, 5) is 4.75. The van der Waals surface area contributed by atoms with Gasteiger partial charge in [-0.15, -0.1) is 0 Å². The lowest BCUT2D eigenvalue weighted by Gasteiger charge is -2.13. The molecule has 1 aromatic heterocycles. The Morgan fingerprint density at radius 3 is 2.46 bits per heavy atom. The minimum absolute atomic E-state index is 0.565. The number of aromatic nitrogens is 2. The number of hydrogen-bond acceptors (Lipinski definition) is 3. The van der Waals surface area contributed by atoms with Gasteiger partial charge < -0.3 is 15.4 Å². The predicted octanol–water partition coefficient (Wildman–Crippen LogP) is 3.80. The van der Waals surface area contributed by atoms with Crippen LogP contribution in [0.15, 0.2) is 59.6 Å². The Morgan fingerprint density at radius 2 is 1.79 bits per heavy atom. The van der Waals surface area contributed by atoms with Crippen molar-refractivity contribution in [1.82, 2.24) is 15.1 Å². The van der Waals surface area contributed by atoms with E-state index in [4.69, 9.17) is 9.73 Å². The van der Waals surface area contributed by atoms with Gasteiger partial charge >= 0.3 is 0 Å². The molecule has 0 aliphatic carbocycles. The van der Waals surface area contributed by atoms with E-state index in [0.717, 1.165) is 28.4 Å². The molecule has 0 aliphatic heterocycles. The van der Waals surface area contributed by atoms with Gasteiger partial charge in [0.2, 0.25) is 5.88 Å². The highest BCUT2D eigenvalue weighted by Crippen LogP contribution is 2.20. The summed E-state index contributed by atoms with van der Waals surface area (Å²) in [7, 11) is 3.54. The first-order chi connectivity index (χ1) is 13.6. The number of nitrogens with one attached hydrogen (secondary N) is 2. The van der Waals surface area contributed by atoms with Gasteiger partial charge in [-0.1, -0.05) is 48.0 Å². The van der Waals surface area contributed by atoms with Crippen molar-refractivity contribution in [2.24, 2.45) is 12.0 Å². The van der Waals surface area contributed by atoms with Crippen LogP contribution in [0.3, 0.4) is 0 Å². The fourth-order valence-electron chi connectivity index (χ4n) is 2.97. The van der Waals surface area contributed by atoms with Crippen molar-refractivity contribution in [1.29, 1.82) is 0 Å². The molecule has 0 radical (unpaired) electrons. The van der Waals surface area contributed by atoms with Crippen molar-refractivity contribution in [3.8, 4) is 5.88 Å². The lowest BCUT2D eigenvalue weighted by Crippen LogP contribution is -2.30. The van der Waals surface area contributed by atoms with Gasteiger partial charge in [0, 0.05) is 12.7 Å². The van der Waals surface area contributed by atoms with Gasteiger partial charge in [0.1, 0.15) is 0 Å². The number of benzene rings is 2. The Labute approximate surface area is 166 Å². The second-order valence-electron chi connectivity index (χ2n) is 6.69. The minimum Gasteiger partial charge on any atom is -0.481 e. The Hall–Kier alpha value is -3.28. The number of nitrogens with zero attached hydrogens (tertiary/aromatic N) is 3. The van der Waals surface area contributed by atoms with Gasteiger partial charge in [-0.2, -0.15) is 5.10 Å². The van der Waals surface area contributed by atoms with Crippen molar-refractivity contribution in [3.05, 3.63) is 77.0 Å². The maximum atomic E-state index is 5.49. The Bertz CT molecular complexity index is 930. The van der Waals surface area contributed by atoms with Crippen LogP contribution in [-0.2, 0) is 20.1 Å². The van der Waals surface area contributed by atoms with E-state index in [1.807, 2.05) is 44.3 Å². The summed E-state index contributed by atoms with van der Waals surface area (Å²) in [6, 6.07) is 18.4. The number of hydrogen-bond donors (Lipinski definition) is 2. The molecule has 146 valence electrons. The number of aryl methyl sites for hydroxylation is 3. The van der Waals surface area contributed by atoms with Crippen molar-refractivity contribution in [3.63, 3.8) is 0 Å². The van der Waals surface area contributed by atoms with Gasteiger partial charge in [0.25, 0.3) is 0 Å². The molecule has 28 heavy (non-hydrogen) atoms. The maximum Gasteiger partial charge on any atom is 0.216 e. The molecule has 0 amide bonds. The molecule has 0 fully saturated rings. The van der Waals surface area contributed by atoms with E-state index in [0.29, 0.717) is 19.0 Å². The average molecular weight is 377 g/mol. The largest absolute Gasteiger partial charge is 0.481 e. The molecule has 3 aromatic rings. The number of para-hydroxylation sites is 1. The molecule has 2 aromatic carbocycles. The smallest absolute Gasteiger partial charge is 0.216 e. The second-order valence-corrected chi connectivity index (χ2v) is 6.69. The summed E-state index contributed by atoms with van der Waals surface area (Å²) in [5.41, 5.74) is 5.34. The quantitative estimate of drug-likeness (QED) is 0.507. The highest BCUT2D eigenvalue weighted by Gasteiger charge is 2.14. The summed E-state index contributed by atoms with van der Waals surface area (Å²) in [5, 5.41) is 11.2. The molecule has 6 nitrogen and oxygen atoms in total. The minimum atomic E-state index is 0.565. The number of methoxy groups -OCH3 is 1. The van der Waals surface area contributed by atoms with Crippen LogP contribution in [0.4, 0.5) is 5.69 Å². The fourth-order valence-corrected chi connectivity index (χ4v) is 2.97. The zero-order valence-corrected chi connectivity index (χ0v) is 16.9. The Balaban J connectivity index is 1.77. The predicted molar refractivity (Wildman–Crippen MR) is 114 cm³/mol. The van der Waals surface area contributed by atoms with Crippen LogP contribution in [0.25, 0.3) is 0 Å². The van der Waals surface area contributed by atoms with Crippen LogP contribution in [0.5, 0.6) is 5.88 Å².